The van der Waals surface area contributed by atoms with Gasteiger partial charge in [-0.15, -0.1) is 0 Å². The van der Waals surface area contributed by atoms with Crippen molar-refractivity contribution in [1.82, 2.24) is 0 Å². The van der Waals surface area contributed by atoms with Crippen LogP contribution in [0, 0.1) is 13.8 Å². The van der Waals surface area contributed by atoms with Crippen LogP contribution in [0.3, 0.4) is 0 Å². The summed E-state index contributed by atoms with van der Waals surface area (Å²) >= 11 is 0. The lowest BCUT2D eigenvalue weighted by Gasteiger charge is -2.09. The van der Waals surface area contributed by atoms with Crippen LogP contribution in [0.25, 0.3) is 33.1 Å². The largest absolute Gasteiger partial charge is 0.456 e. The Kier molecular flexibility index (Phi) is 3.05. The molecule has 4 rings (SSSR count). The van der Waals surface area contributed by atoms with Crippen molar-refractivity contribution in [3.05, 3.63) is 82.0 Å². The minimum Gasteiger partial charge on any atom is -0.456 e. The van der Waals surface area contributed by atoms with Gasteiger partial charge in [-0.05, 0) is 41.8 Å². The highest BCUT2D eigenvalue weighted by Gasteiger charge is 2.11. The van der Waals surface area contributed by atoms with Crippen LogP contribution >= 0.6 is 0 Å². The standard InChI is InChI=1S/C21H16O2/c1-13-10-14(2)21-18(11-13)19(22)12-20(23-21)17-9-5-7-15-6-3-4-8-16(15)17/h3-12H,1-2H3. The Morgan fingerprint density at radius 2 is 1.61 bits per heavy atom. The molecule has 0 radical (unpaired) electrons. The van der Waals surface area contributed by atoms with E-state index in [1.807, 2.05) is 50.2 Å². The molecular weight excluding hydrogens is 284 g/mol. The average molecular weight is 300 g/mol. The van der Waals surface area contributed by atoms with Crippen LogP contribution in [-0.4, -0.2) is 0 Å². The lowest BCUT2D eigenvalue weighted by Crippen LogP contribution is -2.02. The molecule has 0 saturated carbocycles. The molecule has 0 amide bonds. The first-order chi connectivity index (χ1) is 11.1. The quantitative estimate of drug-likeness (QED) is 0.482. The minimum absolute atomic E-state index is 0.000911. The van der Waals surface area contributed by atoms with Gasteiger partial charge in [-0.1, -0.05) is 48.5 Å². The van der Waals surface area contributed by atoms with Gasteiger partial charge in [0.2, 0.25) is 0 Å². The number of benzene rings is 3. The van der Waals surface area contributed by atoms with Crippen molar-refractivity contribution in [3.63, 3.8) is 0 Å². The monoisotopic (exact) mass is 300 g/mol. The number of aryl methyl sites for hydroxylation is 2. The highest BCUT2D eigenvalue weighted by molar-refractivity contribution is 5.96. The molecule has 0 saturated heterocycles. The first kappa shape index (κ1) is 13.8. The van der Waals surface area contributed by atoms with Gasteiger partial charge in [-0.25, -0.2) is 0 Å². The zero-order valence-electron chi connectivity index (χ0n) is 13.1. The molecule has 0 spiro atoms. The van der Waals surface area contributed by atoms with E-state index >= 15 is 0 Å². The maximum Gasteiger partial charge on any atom is 0.193 e. The van der Waals surface area contributed by atoms with Crippen molar-refractivity contribution in [3.8, 4) is 11.3 Å². The summed E-state index contributed by atoms with van der Waals surface area (Å²) in [7, 11) is 0. The van der Waals surface area contributed by atoms with Gasteiger partial charge in [0.05, 0.1) is 5.39 Å². The van der Waals surface area contributed by atoms with Gasteiger partial charge < -0.3 is 4.42 Å². The molecule has 0 N–H and O–H groups in total. The molecule has 23 heavy (non-hydrogen) atoms. The maximum atomic E-state index is 12.6. The highest BCUT2D eigenvalue weighted by Crippen LogP contribution is 2.30. The average Bonchev–Trinajstić information content (AvgIpc) is 2.55. The maximum absolute atomic E-state index is 12.6. The summed E-state index contributed by atoms with van der Waals surface area (Å²) in [6.45, 7) is 3.97. The Balaban J connectivity index is 2.08. The Morgan fingerprint density at radius 1 is 0.826 bits per heavy atom. The van der Waals surface area contributed by atoms with Gasteiger partial charge in [0, 0.05) is 11.6 Å². The lowest BCUT2D eigenvalue weighted by atomic mass is 10.0. The molecule has 0 unspecified atom stereocenters. The fourth-order valence-corrected chi connectivity index (χ4v) is 3.18. The minimum atomic E-state index is 0.000911. The third-order valence-corrected chi connectivity index (χ3v) is 4.21. The van der Waals surface area contributed by atoms with Gasteiger partial charge in [0.25, 0.3) is 0 Å². The molecule has 1 heterocycles. The van der Waals surface area contributed by atoms with Gasteiger partial charge in [0.15, 0.2) is 5.43 Å². The zero-order valence-corrected chi connectivity index (χ0v) is 13.1. The number of rotatable bonds is 1. The van der Waals surface area contributed by atoms with Gasteiger partial charge in [0.1, 0.15) is 11.3 Å². The molecule has 2 heteroatoms. The molecule has 0 fully saturated rings. The molecule has 0 aliphatic rings. The second-order valence-electron chi connectivity index (χ2n) is 5.96. The van der Waals surface area contributed by atoms with Gasteiger partial charge in [-0.2, -0.15) is 0 Å². The third-order valence-electron chi connectivity index (χ3n) is 4.21. The van der Waals surface area contributed by atoms with E-state index < -0.39 is 0 Å². The summed E-state index contributed by atoms with van der Waals surface area (Å²) in [5.41, 5.74) is 3.67. The van der Waals surface area contributed by atoms with Crippen LogP contribution in [0.5, 0.6) is 0 Å². The van der Waals surface area contributed by atoms with E-state index in [4.69, 9.17) is 4.42 Å². The fourth-order valence-electron chi connectivity index (χ4n) is 3.18. The van der Waals surface area contributed by atoms with E-state index in [1.54, 1.807) is 6.07 Å². The molecule has 1 aromatic heterocycles. The van der Waals surface area contributed by atoms with Crippen molar-refractivity contribution >= 4 is 21.7 Å². The lowest BCUT2D eigenvalue weighted by molar-refractivity contribution is 0.617. The summed E-state index contributed by atoms with van der Waals surface area (Å²) in [5.74, 6) is 0.617. The van der Waals surface area contributed by atoms with Crippen molar-refractivity contribution in [2.24, 2.45) is 0 Å². The SMILES string of the molecule is Cc1cc(C)c2oc(-c3cccc4ccccc34)cc(=O)c2c1. The van der Waals surface area contributed by atoms with Crippen LogP contribution < -0.4 is 5.43 Å². The van der Waals surface area contributed by atoms with Gasteiger partial charge in [-0.3, -0.25) is 4.79 Å². The van der Waals surface area contributed by atoms with E-state index in [0.29, 0.717) is 16.7 Å². The Bertz CT molecular complexity index is 1100. The second-order valence-corrected chi connectivity index (χ2v) is 5.96. The van der Waals surface area contributed by atoms with E-state index in [2.05, 4.69) is 18.2 Å². The zero-order chi connectivity index (χ0) is 16.0. The molecule has 3 aromatic carbocycles. The van der Waals surface area contributed by atoms with Crippen LogP contribution in [-0.2, 0) is 0 Å². The Hall–Kier alpha value is -2.87. The van der Waals surface area contributed by atoms with Crippen molar-refractivity contribution < 1.29 is 4.42 Å². The van der Waals surface area contributed by atoms with E-state index in [0.717, 1.165) is 27.5 Å². The molecule has 4 aromatic rings. The fraction of sp³-hybridized carbons (Fsp3) is 0.0952. The topological polar surface area (TPSA) is 30.2 Å². The smallest absolute Gasteiger partial charge is 0.193 e. The number of hydrogen-bond donors (Lipinski definition) is 0. The van der Waals surface area contributed by atoms with Crippen molar-refractivity contribution in [1.29, 1.82) is 0 Å². The second kappa shape index (κ2) is 5.10. The summed E-state index contributed by atoms with van der Waals surface area (Å²) in [6, 6.07) is 19.7. The predicted octanol–water partition coefficient (Wildman–Crippen LogP) is 5.23. The number of fused-ring (bicyclic) bond motifs is 2. The normalized spacial score (nSPS) is 11.2. The molecule has 0 aliphatic heterocycles. The first-order valence-corrected chi connectivity index (χ1v) is 7.67. The highest BCUT2D eigenvalue weighted by atomic mass is 16.3. The first-order valence-electron chi connectivity index (χ1n) is 7.67. The van der Waals surface area contributed by atoms with E-state index in [9.17, 15) is 4.79 Å². The van der Waals surface area contributed by atoms with E-state index in [-0.39, 0.29) is 5.43 Å². The summed E-state index contributed by atoms with van der Waals surface area (Å²) in [6.07, 6.45) is 0. The Labute approximate surface area is 134 Å². The Morgan fingerprint density at radius 3 is 2.48 bits per heavy atom. The molecule has 2 nitrogen and oxygen atoms in total. The summed E-state index contributed by atoms with van der Waals surface area (Å²) in [5, 5.41) is 2.86. The van der Waals surface area contributed by atoms with E-state index in [1.165, 1.54) is 0 Å². The van der Waals surface area contributed by atoms with Gasteiger partial charge >= 0.3 is 0 Å². The summed E-state index contributed by atoms with van der Waals surface area (Å²) < 4.78 is 6.12. The molecule has 112 valence electrons. The molecular formula is C21H16O2. The molecule has 0 aliphatic carbocycles. The van der Waals surface area contributed by atoms with Crippen molar-refractivity contribution in [2.45, 2.75) is 13.8 Å². The molecule has 0 atom stereocenters. The molecule has 0 bridgehead atoms. The predicted molar refractivity (Wildman–Crippen MR) is 94.9 cm³/mol. The van der Waals surface area contributed by atoms with Crippen LogP contribution in [0.15, 0.2) is 69.9 Å². The third kappa shape index (κ3) is 2.23. The number of hydrogen-bond acceptors (Lipinski definition) is 2. The van der Waals surface area contributed by atoms with Crippen LogP contribution in [0.1, 0.15) is 11.1 Å². The van der Waals surface area contributed by atoms with Crippen LogP contribution in [0.2, 0.25) is 0 Å². The summed E-state index contributed by atoms with van der Waals surface area (Å²) in [4.78, 5) is 12.6. The van der Waals surface area contributed by atoms with Crippen molar-refractivity contribution in [2.75, 3.05) is 0 Å². The van der Waals surface area contributed by atoms with Crippen LogP contribution in [0.4, 0.5) is 0 Å².